The molecule has 0 aromatic carbocycles. The second-order valence-corrected chi connectivity index (χ2v) is 2.20. The highest BCUT2D eigenvalue weighted by Gasteiger charge is 2.17. The van der Waals surface area contributed by atoms with Gasteiger partial charge in [0.25, 0.3) is 0 Å². The summed E-state index contributed by atoms with van der Waals surface area (Å²) in [5.41, 5.74) is 0. The molecule has 6 heteroatoms. The molecule has 0 aliphatic heterocycles. The molecule has 1 N–H and O–H groups in total. The molecule has 0 heterocycles. The Labute approximate surface area is 75.4 Å². The van der Waals surface area contributed by atoms with Crippen LogP contribution in [0.4, 0.5) is 0 Å². The van der Waals surface area contributed by atoms with Crippen LogP contribution < -0.4 is 0 Å². The van der Waals surface area contributed by atoms with Crippen molar-refractivity contribution in [1.29, 1.82) is 0 Å². The predicted molar refractivity (Wildman–Crippen MR) is 40.9 cm³/mol. The Morgan fingerprint density at radius 2 is 1.85 bits per heavy atom. The number of rotatable bonds is 4. The molecule has 0 fully saturated rings. The van der Waals surface area contributed by atoms with E-state index in [0.717, 1.165) is 7.11 Å². The first kappa shape index (κ1) is 11.9. The molecule has 0 saturated carbocycles. The number of aliphatic hydroxyl groups excluding tert-OH is 1. The van der Waals surface area contributed by atoms with E-state index in [2.05, 4.69) is 14.2 Å². The molecule has 76 valence electrons. The summed E-state index contributed by atoms with van der Waals surface area (Å²) < 4.78 is 13.0. The van der Waals surface area contributed by atoms with Gasteiger partial charge >= 0.3 is 11.9 Å². The van der Waals surface area contributed by atoms with Gasteiger partial charge in [0.05, 0.1) is 13.7 Å². The van der Waals surface area contributed by atoms with Crippen molar-refractivity contribution >= 4 is 11.9 Å². The number of ether oxygens (including phenoxy) is 3. The molecule has 0 aromatic rings. The molecule has 13 heavy (non-hydrogen) atoms. The van der Waals surface area contributed by atoms with Crippen LogP contribution in [0.5, 0.6) is 0 Å². The van der Waals surface area contributed by atoms with E-state index < -0.39 is 18.0 Å². The minimum absolute atomic E-state index is 0.0362. The zero-order valence-corrected chi connectivity index (χ0v) is 7.48. The zero-order chi connectivity index (χ0) is 10.3. The number of aliphatic hydroxyl groups is 1. The molecule has 0 spiro atoms. The Morgan fingerprint density at radius 3 is 2.31 bits per heavy atom. The van der Waals surface area contributed by atoms with E-state index in [1.165, 1.54) is 7.11 Å². The van der Waals surface area contributed by atoms with Crippen LogP contribution in [0.25, 0.3) is 0 Å². The van der Waals surface area contributed by atoms with Crippen molar-refractivity contribution in [2.75, 3.05) is 27.4 Å². The molecule has 0 aliphatic carbocycles. The van der Waals surface area contributed by atoms with Crippen LogP contribution in [0.3, 0.4) is 0 Å². The summed E-state index contributed by atoms with van der Waals surface area (Å²) in [7, 11) is 2.46. The second-order valence-electron chi connectivity index (χ2n) is 2.20. The van der Waals surface area contributed by atoms with Gasteiger partial charge in [-0.05, 0) is 0 Å². The SMILES string of the molecule is COCC(O)COC(=O)C(=O)OC. The first-order valence-electron chi connectivity index (χ1n) is 3.54. The van der Waals surface area contributed by atoms with Crippen molar-refractivity contribution in [2.24, 2.45) is 0 Å². The van der Waals surface area contributed by atoms with Crippen LogP contribution in [0.2, 0.25) is 0 Å². The highest BCUT2D eigenvalue weighted by atomic mass is 16.6. The van der Waals surface area contributed by atoms with Crippen LogP contribution in [-0.2, 0) is 23.8 Å². The molecular weight excluding hydrogens is 180 g/mol. The molecule has 0 bridgehead atoms. The Bertz CT molecular complexity index is 178. The van der Waals surface area contributed by atoms with Crippen molar-refractivity contribution in [2.45, 2.75) is 6.10 Å². The standard InChI is InChI=1S/C7H12O6/c1-11-3-5(8)4-13-7(10)6(9)12-2/h5,8H,3-4H2,1-2H3. The summed E-state index contributed by atoms with van der Waals surface area (Å²) in [5.74, 6) is -2.22. The second kappa shape index (κ2) is 6.38. The van der Waals surface area contributed by atoms with E-state index >= 15 is 0 Å². The van der Waals surface area contributed by atoms with Crippen LogP contribution >= 0.6 is 0 Å². The molecule has 0 aliphatic rings. The third-order valence-electron chi connectivity index (χ3n) is 1.12. The Balaban J connectivity index is 3.63. The smallest absolute Gasteiger partial charge is 0.417 e. The number of esters is 2. The number of hydrogen-bond acceptors (Lipinski definition) is 6. The maximum absolute atomic E-state index is 10.6. The quantitative estimate of drug-likeness (QED) is 0.441. The largest absolute Gasteiger partial charge is 0.461 e. The van der Waals surface area contributed by atoms with Gasteiger partial charge in [-0.2, -0.15) is 0 Å². The number of carbonyl (C=O) groups excluding carboxylic acids is 2. The van der Waals surface area contributed by atoms with E-state index in [4.69, 9.17) is 5.11 Å². The van der Waals surface area contributed by atoms with E-state index in [9.17, 15) is 9.59 Å². The predicted octanol–water partition coefficient (Wildman–Crippen LogP) is -1.29. The van der Waals surface area contributed by atoms with Gasteiger partial charge in [0, 0.05) is 7.11 Å². The summed E-state index contributed by atoms with van der Waals surface area (Å²) in [6, 6.07) is 0. The van der Waals surface area contributed by atoms with Crippen molar-refractivity contribution in [1.82, 2.24) is 0 Å². The monoisotopic (exact) mass is 192 g/mol. The molecule has 0 rings (SSSR count). The summed E-state index contributed by atoms with van der Waals surface area (Å²) in [6.45, 7) is -0.254. The molecular formula is C7H12O6. The Morgan fingerprint density at radius 1 is 1.23 bits per heavy atom. The third kappa shape index (κ3) is 5.15. The van der Waals surface area contributed by atoms with Gasteiger partial charge in [0.2, 0.25) is 0 Å². The molecule has 0 radical (unpaired) electrons. The van der Waals surface area contributed by atoms with Gasteiger partial charge in [-0.3, -0.25) is 0 Å². The average molecular weight is 192 g/mol. The maximum Gasteiger partial charge on any atom is 0.417 e. The van der Waals surface area contributed by atoms with Gasteiger partial charge in [-0.15, -0.1) is 0 Å². The lowest BCUT2D eigenvalue weighted by atomic mass is 10.4. The molecule has 0 amide bonds. The summed E-state index contributed by atoms with van der Waals surface area (Å²) in [4.78, 5) is 21.1. The van der Waals surface area contributed by atoms with Crippen LogP contribution in [0.1, 0.15) is 0 Å². The van der Waals surface area contributed by atoms with Crippen molar-refractivity contribution in [3.05, 3.63) is 0 Å². The minimum atomic E-state index is -1.13. The van der Waals surface area contributed by atoms with Gasteiger partial charge < -0.3 is 19.3 Å². The molecule has 0 aromatic heterocycles. The lowest BCUT2D eigenvalue weighted by Crippen LogP contribution is -2.27. The van der Waals surface area contributed by atoms with Gasteiger partial charge in [-0.1, -0.05) is 0 Å². The van der Waals surface area contributed by atoms with Crippen LogP contribution in [0.15, 0.2) is 0 Å². The normalized spacial score (nSPS) is 11.9. The first-order chi connectivity index (χ1) is 6.11. The van der Waals surface area contributed by atoms with E-state index in [1.807, 2.05) is 0 Å². The minimum Gasteiger partial charge on any atom is -0.461 e. The van der Waals surface area contributed by atoms with Crippen LogP contribution in [-0.4, -0.2) is 50.6 Å². The molecule has 1 unspecified atom stereocenters. The number of carbonyl (C=O) groups is 2. The van der Waals surface area contributed by atoms with Gasteiger partial charge in [-0.25, -0.2) is 9.59 Å². The summed E-state index contributed by atoms with van der Waals surface area (Å²) >= 11 is 0. The van der Waals surface area contributed by atoms with Gasteiger partial charge in [0.1, 0.15) is 12.7 Å². The number of methoxy groups -OCH3 is 2. The zero-order valence-electron chi connectivity index (χ0n) is 7.48. The van der Waals surface area contributed by atoms with Crippen molar-refractivity contribution < 1.29 is 28.9 Å². The lowest BCUT2D eigenvalue weighted by molar-refractivity contribution is -0.168. The highest BCUT2D eigenvalue weighted by Crippen LogP contribution is 1.88. The Kier molecular flexibility index (Phi) is 5.82. The van der Waals surface area contributed by atoms with Gasteiger partial charge in [0.15, 0.2) is 0 Å². The fourth-order valence-electron chi connectivity index (χ4n) is 0.555. The third-order valence-corrected chi connectivity index (χ3v) is 1.12. The fourth-order valence-corrected chi connectivity index (χ4v) is 0.555. The molecule has 1 atom stereocenters. The topological polar surface area (TPSA) is 82.1 Å². The van der Waals surface area contributed by atoms with E-state index in [1.54, 1.807) is 0 Å². The Hall–Kier alpha value is -1.14. The van der Waals surface area contributed by atoms with Crippen molar-refractivity contribution in [3.63, 3.8) is 0 Å². The van der Waals surface area contributed by atoms with E-state index in [0.29, 0.717) is 0 Å². The lowest BCUT2D eigenvalue weighted by Gasteiger charge is -2.08. The van der Waals surface area contributed by atoms with Crippen molar-refractivity contribution in [3.8, 4) is 0 Å². The summed E-state index contributed by atoms with van der Waals surface area (Å²) in [6.07, 6.45) is -0.932. The average Bonchev–Trinajstić information content (AvgIpc) is 2.13. The first-order valence-corrected chi connectivity index (χ1v) is 3.54. The van der Waals surface area contributed by atoms with E-state index in [-0.39, 0.29) is 13.2 Å². The highest BCUT2D eigenvalue weighted by molar-refractivity contribution is 6.29. The summed E-state index contributed by atoms with van der Waals surface area (Å²) in [5, 5.41) is 9.00. The molecule has 6 nitrogen and oxygen atoms in total. The fraction of sp³-hybridized carbons (Fsp3) is 0.714. The van der Waals surface area contributed by atoms with Crippen LogP contribution in [0, 0.1) is 0 Å². The molecule has 0 saturated heterocycles. The number of hydrogen-bond donors (Lipinski definition) is 1. The maximum atomic E-state index is 10.6.